The van der Waals surface area contributed by atoms with Gasteiger partial charge < -0.3 is 5.32 Å². The van der Waals surface area contributed by atoms with E-state index in [4.69, 9.17) is 0 Å². The van der Waals surface area contributed by atoms with Crippen LogP contribution in [0.2, 0.25) is 0 Å². The van der Waals surface area contributed by atoms with Crippen LogP contribution in [0.1, 0.15) is 23.4 Å². The Morgan fingerprint density at radius 3 is 2.78 bits per heavy atom. The van der Waals surface area contributed by atoms with Gasteiger partial charge in [-0.05, 0) is 49.1 Å². The van der Waals surface area contributed by atoms with Crippen molar-refractivity contribution in [3.05, 3.63) is 68.8 Å². The van der Waals surface area contributed by atoms with Crippen LogP contribution in [-0.4, -0.2) is 35.6 Å². The van der Waals surface area contributed by atoms with Crippen molar-refractivity contribution in [3.8, 4) is 0 Å². The summed E-state index contributed by atoms with van der Waals surface area (Å²) in [6.07, 6.45) is 2.70. The smallest absolute Gasteiger partial charge is 0.267 e. The molecule has 168 valence electrons. The fraction of sp³-hybridized carbons (Fsp3) is 0.300. The number of fused-ring (bicyclic) bond motifs is 1. The van der Waals surface area contributed by atoms with Gasteiger partial charge in [0.1, 0.15) is 5.82 Å². The second-order valence-corrected chi connectivity index (χ2v) is 9.80. The Kier molecular flexibility index (Phi) is 6.33. The van der Waals surface area contributed by atoms with E-state index < -0.39 is 15.8 Å². The SMILES string of the molecule is O=C(Cc1csc(NS(=O)(=O)c2ccc(F)cc2)n1)NCCn1nc2c(cc1=O)CCC2. The van der Waals surface area contributed by atoms with Crippen LogP contribution < -0.4 is 15.6 Å². The highest BCUT2D eigenvalue weighted by Crippen LogP contribution is 2.21. The number of nitrogens with one attached hydrogen (secondary N) is 2. The van der Waals surface area contributed by atoms with Crippen molar-refractivity contribution in [1.82, 2.24) is 20.1 Å². The minimum Gasteiger partial charge on any atom is -0.354 e. The summed E-state index contributed by atoms with van der Waals surface area (Å²) in [6, 6.07) is 6.03. The first-order chi connectivity index (χ1) is 15.3. The van der Waals surface area contributed by atoms with Gasteiger partial charge in [0.15, 0.2) is 5.13 Å². The number of aromatic nitrogens is 3. The van der Waals surface area contributed by atoms with Crippen LogP contribution in [0.4, 0.5) is 9.52 Å². The maximum Gasteiger partial charge on any atom is 0.267 e. The van der Waals surface area contributed by atoms with Gasteiger partial charge in [0.05, 0.1) is 29.2 Å². The summed E-state index contributed by atoms with van der Waals surface area (Å²) in [7, 11) is -3.91. The quantitative estimate of drug-likeness (QED) is 0.507. The number of thiazole rings is 1. The molecule has 0 fully saturated rings. The van der Waals surface area contributed by atoms with Crippen molar-refractivity contribution < 1.29 is 17.6 Å². The highest BCUT2D eigenvalue weighted by atomic mass is 32.2. The van der Waals surface area contributed by atoms with Crippen molar-refractivity contribution >= 4 is 32.4 Å². The summed E-state index contributed by atoms with van der Waals surface area (Å²) >= 11 is 1.04. The second kappa shape index (κ2) is 9.17. The minimum absolute atomic E-state index is 0.0404. The standard InChI is InChI=1S/C20H20FN5O4S2/c21-14-4-6-16(7-5-14)32(29,30)25-20-23-15(12-31-20)11-18(27)22-8-9-26-19(28)10-13-2-1-3-17(13)24-26/h4-7,10,12H,1-3,8-9,11H2,(H,22,27)(H,23,25). The topological polar surface area (TPSA) is 123 Å². The molecular formula is C20H20FN5O4S2. The van der Waals surface area contributed by atoms with Gasteiger partial charge in [-0.2, -0.15) is 5.10 Å². The Balaban J connectivity index is 1.29. The maximum atomic E-state index is 13.0. The first kappa shape index (κ1) is 22.1. The Morgan fingerprint density at radius 2 is 2.00 bits per heavy atom. The summed E-state index contributed by atoms with van der Waals surface area (Å²) in [5.41, 5.74) is 2.16. The summed E-state index contributed by atoms with van der Waals surface area (Å²) in [4.78, 5) is 28.3. The van der Waals surface area contributed by atoms with Crippen molar-refractivity contribution in [2.45, 2.75) is 37.1 Å². The Hall–Kier alpha value is -3.12. The number of hydrogen-bond donors (Lipinski definition) is 2. The molecule has 1 aliphatic carbocycles. The number of sulfonamides is 1. The van der Waals surface area contributed by atoms with Gasteiger partial charge in [0, 0.05) is 18.0 Å². The predicted molar refractivity (Wildman–Crippen MR) is 117 cm³/mol. The fourth-order valence-electron chi connectivity index (χ4n) is 3.35. The molecule has 32 heavy (non-hydrogen) atoms. The number of carbonyl (C=O) groups excluding carboxylic acids is 1. The highest BCUT2D eigenvalue weighted by Gasteiger charge is 2.17. The van der Waals surface area contributed by atoms with Crippen molar-refractivity contribution in [1.29, 1.82) is 0 Å². The predicted octanol–water partition coefficient (Wildman–Crippen LogP) is 1.49. The number of halogens is 1. The Morgan fingerprint density at radius 1 is 1.22 bits per heavy atom. The van der Waals surface area contributed by atoms with E-state index in [9.17, 15) is 22.4 Å². The number of benzene rings is 1. The molecule has 1 amide bonds. The molecule has 2 N–H and O–H groups in total. The monoisotopic (exact) mass is 477 g/mol. The van der Waals surface area contributed by atoms with Gasteiger partial charge in [-0.25, -0.2) is 22.5 Å². The van der Waals surface area contributed by atoms with E-state index in [2.05, 4.69) is 20.1 Å². The Labute approximate surface area is 187 Å². The fourth-order valence-corrected chi connectivity index (χ4v) is 5.31. The highest BCUT2D eigenvalue weighted by molar-refractivity contribution is 7.93. The normalized spacial score (nSPS) is 13.0. The lowest BCUT2D eigenvalue weighted by Crippen LogP contribution is -2.33. The van der Waals surface area contributed by atoms with E-state index in [-0.39, 0.29) is 41.0 Å². The third-order valence-corrected chi connectivity index (χ3v) is 7.20. The zero-order valence-electron chi connectivity index (χ0n) is 16.9. The number of aryl methyl sites for hydroxylation is 2. The van der Waals surface area contributed by atoms with E-state index in [1.54, 1.807) is 11.4 Å². The number of carbonyl (C=O) groups is 1. The van der Waals surface area contributed by atoms with Crippen LogP contribution in [0.5, 0.6) is 0 Å². The molecule has 0 bridgehead atoms. The molecule has 0 unspecified atom stereocenters. The Bertz CT molecular complexity index is 1300. The van der Waals surface area contributed by atoms with E-state index >= 15 is 0 Å². The average molecular weight is 478 g/mol. The molecule has 9 nitrogen and oxygen atoms in total. The van der Waals surface area contributed by atoms with Crippen LogP contribution in [0.3, 0.4) is 0 Å². The zero-order chi connectivity index (χ0) is 22.7. The molecule has 0 spiro atoms. The third kappa shape index (κ3) is 5.19. The van der Waals surface area contributed by atoms with E-state index in [1.165, 1.54) is 4.68 Å². The largest absolute Gasteiger partial charge is 0.354 e. The van der Waals surface area contributed by atoms with Crippen molar-refractivity contribution in [3.63, 3.8) is 0 Å². The molecule has 0 saturated heterocycles. The maximum absolute atomic E-state index is 13.0. The average Bonchev–Trinajstić information content (AvgIpc) is 3.37. The molecule has 1 aliphatic rings. The summed E-state index contributed by atoms with van der Waals surface area (Å²) in [5.74, 6) is -0.847. The molecular weight excluding hydrogens is 457 g/mol. The molecule has 0 saturated carbocycles. The third-order valence-electron chi connectivity index (χ3n) is 4.91. The summed E-state index contributed by atoms with van der Waals surface area (Å²) < 4.78 is 41.4. The molecule has 2 heterocycles. The number of hydrogen-bond acceptors (Lipinski definition) is 7. The van der Waals surface area contributed by atoms with Gasteiger partial charge in [-0.15, -0.1) is 11.3 Å². The van der Waals surface area contributed by atoms with Crippen molar-refractivity contribution in [2.24, 2.45) is 0 Å². The number of rotatable bonds is 8. The molecule has 0 atom stereocenters. The second-order valence-electron chi connectivity index (χ2n) is 7.26. The molecule has 0 radical (unpaired) electrons. The van der Waals surface area contributed by atoms with Gasteiger partial charge in [-0.3, -0.25) is 14.3 Å². The molecule has 4 rings (SSSR count). The van der Waals surface area contributed by atoms with Crippen molar-refractivity contribution in [2.75, 3.05) is 11.3 Å². The first-order valence-electron chi connectivity index (χ1n) is 9.89. The summed E-state index contributed by atoms with van der Waals surface area (Å²) in [5, 5.41) is 8.75. The van der Waals surface area contributed by atoms with Crippen LogP contribution in [-0.2, 0) is 40.6 Å². The van der Waals surface area contributed by atoms with Gasteiger partial charge in [-0.1, -0.05) is 0 Å². The lowest BCUT2D eigenvalue weighted by atomic mass is 10.2. The van der Waals surface area contributed by atoms with Crippen LogP contribution in [0.15, 0.2) is 45.4 Å². The molecule has 2 aromatic heterocycles. The van der Waals surface area contributed by atoms with Crippen LogP contribution in [0.25, 0.3) is 0 Å². The first-order valence-corrected chi connectivity index (χ1v) is 12.3. The molecule has 12 heteroatoms. The minimum atomic E-state index is -3.91. The van der Waals surface area contributed by atoms with Gasteiger partial charge in [0.2, 0.25) is 5.91 Å². The van der Waals surface area contributed by atoms with E-state index in [0.29, 0.717) is 5.69 Å². The molecule has 0 aliphatic heterocycles. The number of anilines is 1. The van der Waals surface area contributed by atoms with Crippen LogP contribution >= 0.6 is 11.3 Å². The summed E-state index contributed by atoms with van der Waals surface area (Å²) in [6.45, 7) is 0.496. The number of amides is 1. The van der Waals surface area contributed by atoms with Gasteiger partial charge in [0.25, 0.3) is 15.6 Å². The lowest BCUT2D eigenvalue weighted by molar-refractivity contribution is -0.120. The zero-order valence-corrected chi connectivity index (χ0v) is 18.5. The molecule has 3 aromatic rings. The van der Waals surface area contributed by atoms with E-state index in [0.717, 1.165) is 66.1 Å². The molecule has 1 aromatic carbocycles. The van der Waals surface area contributed by atoms with Gasteiger partial charge >= 0.3 is 0 Å². The number of nitrogens with zero attached hydrogens (tertiary/aromatic N) is 3. The lowest BCUT2D eigenvalue weighted by Gasteiger charge is -2.08. The van der Waals surface area contributed by atoms with Crippen LogP contribution in [0, 0.1) is 5.82 Å². The van der Waals surface area contributed by atoms with E-state index in [1.807, 2.05) is 0 Å².